The van der Waals surface area contributed by atoms with Crippen LogP contribution in [0.4, 0.5) is 17.1 Å². The average molecular weight is 481 g/mol. The van der Waals surface area contributed by atoms with Crippen LogP contribution in [-0.4, -0.2) is 40.1 Å². The first kappa shape index (κ1) is 21.2. The molecule has 3 fully saturated rings. The van der Waals surface area contributed by atoms with Crippen LogP contribution >= 0.6 is 11.6 Å². The number of carbonyl (C=O) groups excluding carboxylic acids is 3. The van der Waals surface area contributed by atoms with Gasteiger partial charge in [0.15, 0.2) is 0 Å². The van der Waals surface area contributed by atoms with E-state index in [4.69, 9.17) is 11.6 Å². The normalized spacial score (nSPS) is 29.6. The molecule has 2 aromatic rings. The maximum absolute atomic E-state index is 14.0. The van der Waals surface area contributed by atoms with Crippen molar-refractivity contribution in [3.05, 3.63) is 62.2 Å². The van der Waals surface area contributed by atoms with E-state index in [-0.39, 0.29) is 28.3 Å². The molecule has 3 saturated heterocycles. The molecule has 4 heterocycles. The Kier molecular flexibility index (Phi) is 4.29. The highest BCUT2D eigenvalue weighted by Crippen LogP contribution is 2.61. The van der Waals surface area contributed by atoms with Crippen LogP contribution < -0.4 is 10.2 Å². The van der Waals surface area contributed by atoms with Crippen LogP contribution in [0, 0.1) is 35.8 Å². The van der Waals surface area contributed by atoms with E-state index in [0.29, 0.717) is 18.7 Å². The Balaban J connectivity index is 1.54. The third-order valence-corrected chi connectivity index (χ3v) is 8.13. The van der Waals surface area contributed by atoms with Gasteiger partial charge in [-0.3, -0.25) is 29.4 Å². The molecular weight excluding hydrogens is 460 g/mol. The summed E-state index contributed by atoms with van der Waals surface area (Å²) in [4.78, 5) is 55.1. The van der Waals surface area contributed by atoms with Crippen molar-refractivity contribution in [1.29, 1.82) is 0 Å². The smallest absolute Gasteiger partial charge is 0.271 e. The number of nitrogens with zero attached hydrogens (tertiary/aromatic N) is 3. The lowest BCUT2D eigenvalue weighted by Crippen LogP contribution is -2.54. The molecule has 4 unspecified atom stereocenters. The molecule has 4 aliphatic heterocycles. The molecule has 0 saturated carbocycles. The molecule has 0 bridgehead atoms. The number of nitro benzene ring substituents is 1. The summed E-state index contributed by atoms with van der Waals surface area (Å²) in [5.74, 6) is -2.79. The van der Waals surface area contributed by atoms with Crippen molar-refractivity contribution < 1.29 is 19.3 Å². The van der Waals surface area contributed by atoms with Crippen LogP contribution in [-0.2, 0) is 19.9 Å². The highest BCUT2D eigenvalue weighted by atomic mass is 35.5. The minimum atomic E-state index is -1.27. The average Bonchev–Trinajstić information content (AvgIpc) is 3.48. The second-order valence-electron chi connectivity index (χ2n) is 9.54. The van der Waals surface area contributed by atoms with Gasteiger partial charge in [-0.05, 0) is 44.9 Å². The minimum absolute atomic E-state index is 0.0591. The maximum Gasteiger partial charge on any atom is 0.271 e. The molecule has 2 aromatic carbocycles. The van der Waals surface area contributed by atoms with Crippen molar-refractivity contribution in [3.63, 3.8) is 0 Å². The third-order valence-electron chi connectivity index (χ3n) is 7.83. The predicted octanol–water partition coefficient (Wildman–Crippen LogP) is 3.30. The number of nitrogens with one attached hydrogen (secondary N) is 1. The molecule has 0 aromatic heterocycles. The van der Waals surface area contributed by atoms with Crippen molar-refractivity contribution >= 4 is 46.4 Å². The van der Waals surface area contributed by atoms with Crippen LogP contribution in [0.15, 0.2) is 30.3 Å². The molecule has 34 heavy (non-hydrogen) atoms. The fourth-order valence-electron chi connectivity index (χ4n) is 6.69. The van der Waals surface area contributed by atoms with Crippen LogP contribution in [0.3, 0.4) is 0 Å². The Labute approximate surface area is 199 Å². The summed E-state index contributed by atoms with van der Waals surface area (Å²) in [6, 6.07) is 7.35. The first-order valence-electron chi connectivity index (χ1n) is 11.2. The molecule has 174 valence electrons. The number of fused-ring (bicyclic) bond motifs is 7. The number of amides is 3. The van der Waals surface area contributed by atoms with Gasteiger partial charge in [0, 0.05) is 29.4 Å². The Morgan fingerprint density at radius 2 is 1.91 bits per heavy atom. The molecule has 9 nitrogen and oxygen atoms in total. The Hall–Kier alpha value is -3.30. The van der Waals surface area contributed by atoms with Gasteiger partial charge in [-0.2, -0.15) is 0 Å². The standard InChI is InChI=1S/C24H21ClN4O5/c1-11-8-12(2)20-14(9-11)24(23(32)26-20)19-18(17-4-3-7-27(17)24)21(30)28(22(19)31)16-6-5-13(29(33)34)10-15(16)25/h5-6,8-10,17-19H,3-4,7H2,1-2H3,(H,26,32). The number of anilines is 2. The van der Waals surface area contributed by atoms with Gasteiger partial charge in [-0.15, -0.1) is 0 Å². The van der Waals surface area contributed by atoms with Crippen LogP contribution in [0.2, 0.25) is 5.02 Å². The predicted molar refractivity (Wildman–Crippen MR) is 124 cm³/mol. The van der Waals surface area contributed by atoms with E-state index in [2.05, 4.69) is 10.2 Å². The third kappa shape index (κ3) is 2.40. The SMILES string of the molecule is Cc1cc(C)c2c(c1)C1(C(=O)N2)C2C(=O)N(c3ccc([N+](=O)[O-])cc3Cl)C(=O)C2C2CCCN21. The van der Waals surface area contributed by atoms with Gasteiger partial charge in [0.05, 0.1) is 27.5 Å². The highest BCUT2D eigenvalue weighted by molar-refractivity contribution is 6.36. The van der Waals surface area contributed by atoms with Crippen LogP contribution in [0.25, 0.3) is 0 Å². The number of non-ortho nitro benzene ring substituents is 1. The molecule has 0 aliphatic carbocycles. The number of nitro groups is 1. The molecule has 3 amide bonds. The quantitative estimate of drug-likeness (QED) is 0.401. The largest absolute Gasteiger partial charge is 0.324 e. The van der Waals surface area contributed by atoms with Gasteiger partial charge in [-0.25, -0.2) is 4.90 Å². The first-order valence-corrected chi connectivity index (χ1v) is 11.6. The second-order valence-corrected chi connectivity index (χ2v) is 9.94. The van der Waals surface area contributed by atoms with E-state index < -0.39 is 34.1 Å². The zero-order chi connectivity index (χ0) is 24.1. The minimum Gasteiger partial charge on any atom is -0.324 e. The Morgan fingerprint density at radius 3 is 2.62 bits per heavy atom. The number of hydrogen-bond donors (Lipinski definition) is 1. The number of imide groups is 1. The number of carbonyl (C=O) groups is 3. The van der Waals surface area contributed by atoms with E-state index in [1.807, 2.05) is 26.0 Å². The number of rotatable bonds is 2. The fraction of sp³-hybridized carbons (Fsp3) is 0.375. The van der Waals surface area contributed by atoms with Crippen molar-refractivity contribution in [2.24, 2.45) is 11.8 Å². The molecule has 1 spiro atoms. The topological polar surface area (TPSA) is 113 Å². The van der Waals surface area contributed by atoms with Gasteiger partial charge >= 0.3 is 0 Å². The number of benzene rings is 2. The summed E-state index contributed by atoms with van der Waals surface area (Å²) >= 11 is 6.31. The highest BCUT2D eigenvalue weighted by Gasteiger charge is 2.74. The van der Waals surface area contributed by atoms with Gasteiger partial charge in [-0.1, -0.05) is 29.3 Å². The van der Waals surface area contributed by atoms with E-state index >= 15 is 0 Å². The molecule has 10 heteroatoms. The summed E-state index contributed by atoms with van der Waals surface area (Å²) in [6.45, 7) is 4.49. The molecule has 0 radical (unpaired) electrons. The molecule has 4 atom stereocenters. The summed E-state index contributed by atoms with van der Waals surface area (Å²) < 4.78 is 0. The zero-order valence-electron chi connectivity index (χ0n) is 18.5. The van der Waals surface area contributed by atoms with Gasteiger partial charge < -0.3 is 5.32 Å². The molecule has 4 aliphatic rings. The van der Waals surface area contributed by atoms with E-state index in [1.165, 1.54) is 12.1 Å². The Morgan fingerprint density at radius 1 is 1.15 bits per heavy atom. The number of aryl methyl sites for hydroxylation is 2. The lowest BCUT2D eigenvalue weighted by molar-refractivity contribution is -0.384. The van der Waals surface area contributed by atoms with Crippen LogP contribution in [0.5, 0.6) is 0 Å². The maximum atomic E-state index is 14.0. The molecular formula is C24H21ClN4O5. The lowest BCUT2D eigenvalue weighted by Gasteiger charge is -2.37. The Bertz CT molecular complexity index is 1340. The summed E-state index contributed by atoms with van der Waals surface area (Å²) in [5, 5.41) is 14.1. The number of halogens is 1. The van der Waals surface area contributed by atoms with E-state index in [9.17, 15) is 24.5 Å². The van der Waals surface area contributed by atoms with Crippen molar-refractivity contribution in [2.45, 2.75) is 38.3 Å². The van der Waals surface area contributed by atoms with Crippen molar-refractivity contribution in [1.82, 2.24) is 4.90 Å². The summed E-state index contributed by atoms with van der Waals surface area (Å²) in [6.07, 6.45) is 1.53. The van der Waals surface area contributed by atoms with Gasteiger partial charge in [0.1, 0.15) is 5.54 Å². The second kappa shape index (κ2) is 6.86. The van der Waals surface area contributed by atoms with E-state index in [1.54, 1.807) is 0 Å². The van der Waals surface area contributed by atoms with E-state index in [0.717, 1.165) is 34.1 Å². The van der Waals surface area contributed by atoms with Crippen molar-refractivity contribution in [2.75, 3.05) is 16.8 Å². The molecule has 6 rings (SSSR count). The fourth-order valence-corrected chi connectivity index (χ4v) is 6.95. The summed E-state index contributed by atoms with van der Waals surface area (Å²) in [5.41, 5.74) is 1.93. The van der Waals surface area contributed by atoms with Crippen molar-refractivity contribution in [3.8, 4) is 0 Å². The summed E-state index contributed by atoms with van der Waals surface area (Å²) in [7, 11) is 0. The van der Waals surface area contributed by atoms with Crippen LogP contribution in [0.1, 0.15) is 29.5 Å². The van der Waals surface area contributed by atoms with Gasteiger partial charge in [0.2, 0.25) is 17.7 Å². The monoisotopic (exact) mass is 480 g/mol. The molecule has 1 N–H and O–H groups in total. The first-order chi connectivity index (χ1) is 16.2. The zero-order valence-corrected chi connectivity index (χ0v) is 19.3. The number of hydrogen-bond acceptors (Lipinski definition) is 6. The lowest BCUT2D eigenvalue weighted by atomic mass is 9.75. The van der Waals surface area contributed by atoms with Gasteiger partial charge in [0.25, 0.3) is 5.69 Å².